The fourth-order valence-corrected chi connectivity index (χ4v) is 2.92. The van der Waals surface area contributed by atoms with Crippen LogP contribution in [0.25, 0.3) is 0 Å². The Hall–Kier alpha value is -0.920. The summed E-state index contributed by atoms with van der Waals surface area (Å²) in [5.41, 5.74) is 0. The second-order valence-corrected chi connectivity index (χ2v) is 7.29. The summed E-state index contributed by atoms with van der Waals surface area (Å²) in [6.07, 6.45) is -0.487. The fraction of sp³-hybridized carbons (Fsp3) is 0.789. The van der Waals surface area contributed by atoms with Crippen molar-refractivity contribution >= 4 is 0 Å². The highest BCUT2D eigenvalue weighted by Gasteiger charge is 2.17. The standard InChI is InChI=1S/C19H34N2O4/c1-16(2)14-24-15-18(22)12-21(13-19-5-4-17(3)25-19)7-6-20-8-10-23-11-9-20/h4-5,16,18,22H,6-15H2,1-3H3. The first-order chi connectivity index (χ1) is 12.0. The van der Waals surface area contributed by atoms with Crippen LogP contribution in [0.15, 0.2) is 16.5 Å². The predicted molar refractivity (Wildman–Crippen MR) is 97.6 cm³/mol. The van der Waals surface area contributed by atoms with Gasteiger partial charge in [0.15, 0.2) is 0 Å². The Morgan fingerprint density at radius 1 is 1.24 bits per heavy atom. The third-order valence-electron chi connectivity index (χ3n) is 4.24. The molecule has 1 aromatic heterocycles. The van der Waals surface area contributed by atoms with Crippen molar-refractivity contribution < 1.29 is 19.0 Å². The minimum atomic E-state index is -0.487. The normalized spacial score (nSPS) is 17.5. The van der Waals surface area contributed by atoms with E-state index < -0.39 is 6.10 Å². The molecule has 0 amide bonds. The molecule has 1 N–H and O–H groups in total. The van der Waals surface area contributed by atoms with Crippen LogP contribution in [0, 0.1) is 12.8 Å². The minimum absolute atomic E-state index is 0.378. The van der Waals surface area contributed by atoms with Gasteiger partial charge in [-0.2, -0.15) is 0 Å². The van der Waals surface area contributed by atoms with E-state index in [1.807, 2.05) is 19.1 Å². The molecule has 0 bridgehead atoms. The van der Waals surface area contributed by atoms with Crippen LogP contribution in [0.1, 0.15) is 25.4 Å². The van der Waals surface area contributed by atoms with Crippen molar-refractivity contribution in [2.45, 2.75) is 33.4 Å². The van der Waals surface area contributed by atoms with Gasteiger partial charge in [0.2, 0.25) is 0 Å². The van der Waals surface area contributed by atoms with Gasteiger partial charge in [-0.1, -0.05) is 13.8 Å². The molecular formula is C19H34N2O4. The van der Waals surface area contributed by atoms with Crippen LogP contribution >= 0.6 is 0 Å². The van der Waals surface area contributed by atoms with Crippen LogP contribution in [0.3, 0.4) is 0 Å². The van der Waals surface area contributed by atoms with Crippen molar-refractivity contribution in [1.82, 2.24) is 9.80 Å². The smallest absolute Gasteiger partial charge is 0.118 e. The molecule has 1 unspecified atom stereocenters. The lowest BCUT2D eigenvalue weighted by Gasteiger charge is -2.30. The average Bonchev–Trinajstić information content (AvgIpc) is 2.98. The van der Waals surface area contributed by atoms with Gasteiger partial charge in [-0.3, -0.25) is 9.80 Å². The Balaban J connectivity index is 1.81. The predicted octanol–water partition coefficient (Wildman–Crippen LogP) is 1.76. The monoisotopic (exact) mass is 354 g/mol. The number of nitrogens with zero attached hydrogens (tertiary/aromatic N) is 2. The van der Waals surface area contributed by atoms with Crippen molar-refractivity contribution in [3.63, 3.8) is 0 Å². The van der Waals surface area contributed by atoms with Crippen LogP contribution in [0.4, 0.5) is 0 Å². The summed E-state index contributed by atoms with van der Waals surface area (Å²) in [4.78, 5) is 4.66. The van der Waals surface area contributed by atoms with Gasteiger partial charge < -0.3 is 19.0 Å². The Morgan fingerprint density at radius 3 is 2.64 bits per heavy atom. The Bertz CT molecular complexity index is 472. The molecule has 0 aliphatic carbocycles. The van der Waals surface area contributed by atoms with Crippen molar-refractivity contribution in [3.05, 3.63) is 23.7 Å². The van der Waals surface area contributed by atoms with Crippen LogP contribution in [-0.4, -0.2) is 80.2 Å². The second kappa shape index (κ2) is 10.9. The van der Waals surface area contributed by atoms with E-state index in [0.717, 1.165) is 50.9 Å². The second-order valence-electron chi connectivity index (χ2n) is 7.29. The van der Waals surface area contributed by atoms with Gasteiger partial charge in [0.25, 0.3) is 0 Å². The number of aliphatic hydroxyl groups is 1. The van der Waals surface area contributed by atoms with Crippen LogP contribution < -0.4 is 0 Å². The lowest BCUT2D eigenvalue weighted by Crippen LogP contribution is -2.43. The highest BCUT2D eigenvalue weighted by Crippen LogP contribution is 2.11. The highest BCUT2D eigenvalue weighted by molar-refractivity contribution is 5.05. The summed E-state index contributed by atoms with van der Waals surface area (Å²) < 4.78 is 16.7. The number of aryl methyl sites for hydroxylation is 1. The average molecular weight is 354 g/mol. The van der Waals surface area contributed by atoms with Crippen molar-refractivity contribution in [1.29, 1.82) is 0 Å². The van der Waals surface area contributed by atoms with E-state index in [2.05, 4.69) is 23.6 Å². The zero-order chi connectivity index (χ0) is 18.1. The molecule has 1 aliphatic heterocycles. The van der Waals surface area contributed by atoms with Crippen molar-refractivity contribution in [2.75, 3.05) is 59.2 Å². The van der Waals surface area contributed by atoms with E-state index in [0.29, 0.717) is 32.2 Å². The topological polar surface area (TPSA) is 58.3 Å². The number of rotatable bonds is 11. The molecule has 2 heterocycles. The number of ether oxygens (including phenoxy) is 2. The van der Waals surface area contributed by atoms with E-state index in [1.165, 1.54) is 0 Å². The first kappa shape index (κ1) is 20.4. The third kappa shape index (κ3) is 8.33. The van der Waals surface area contributed by atoms with E-state index in [4.69, 9.17) is 13.9 Å². The van der Waals surface area contributed by atoms with Crippen molar-refractivity contribution in [3.8, 4) is 0 Å². The van der Waals surface area contributed by atoms with Gasteiger partial charge in [-0.25, -0.2) is 0 Å². The fourth-order valence-electron chi connectivity index (χ4n) is 2.92. The van der Waals surface area contributed by atoms with Crippen molar-refractivity contribution in [2.24, 2.45) is 5.92 Å². The summed E-state index contributed by atoms with van der Waals surface area (Å²) in [5.74, 6) is 2.34. The molecule has 25 heavy (non-hydrogen) atoms. The van der Waals surface area contributed by atoms with Crippen LogP contribution in [-0.2, 0) is 16.0 Å². The zero-order valence-corrected chi connectivity index (χ0v) is 15.9. The maximum Gasteiger partial charge on any atom is 0.118 e. The van der Waals surface area contributed by atoms with E-state index in [-0.39, 0.29) is 0 Å². The zero-order valence-electron chi connectivity index (χ0n) is 15.9. The largest absolute Gasteiger partial charge is 0.465 e. The van der Waals surface area contributed by atoms with Crippen LogP contribution in [0.5, 0.6) is 0 Å². The van der Waals surface area contributed by atoms with E-state index >= 15 is 0 Å². The summed E-state index contributed by atoms with van der Waals surface area (Å²) in [6.45, 7) is 14.0. The maximum absolute atomic E-state index is 10.3. The Labute approximate surface area is 151 Å². The molecule has 1 fully saturated rings. The van der Waals surface area contributed by atoms with Gasteiger partial charge >= 0.3 is 0 Å². The SMILES string of the molecule is Cc1ccc(CN(CCN2CCOCC2)CC(O)COCC(C)C)o1. The number of furan rings is 1. The molecule has 1 atom stereocenters. The number of hydrogen-bond acceptors (Lipinski definition) is 6. The lowest BCUT2D eigenvalue weighted by atomic mass is 10.2. The lowest BCUT2D eigenvalue weighted by molar-refractivity contribution is -0.0000537. The van der Waals surface area contributed by atoms with Crippen LogP contribution in [0.2, 0.25) is 0 Å². The summed E-state index contributed by atoms with van der Waals surface area (Å²) in [6, 6.07) is 4.00. The molecular weight excluding hydrogens is 320 g/mol. The van der Waals surface area contributed by atoms with Gasteiger partial charge in [-0.05, 0) is 25.0 Å². The molecule has 0 spiro atoms. The van der Waals surface area contributed by atoms with Gasteiger partial charge in [0, 0.05) is 39.3 Å². The molecule has 6 nitrogen and oxygen atoms in total. The molecule has 1 saturated heterocycles. The van der Waals surface area contributed by atoms with E-state index in [1.54, 1.807) is 0 Å². The quantitative estimate of drug-likeness (QED) is 0.653. The third-order valence-corrected chi connectivity index (χ3v) is 4.24. The molecule has 1 aromatic rings. The first-order valence-corrected chi connectivity index (χ1v) is 9.36. The van der Waals surface area contributed by atoms with E-state index in [9.17, 15) is 5.11 Å². The van der Waals surface area contributed by atoms with Gasteiger partial charge in [-0.15, -0.1) is 0 Å². The number of hydrogen-bond donors (Lipinski definition) is 1. The summed E-state index contributed by atoms with van der Waals surface area (Å²) in [5, 5.41) is 10.3. The molecule has 0 saturated carbocycles. The molecule has 144 valence electrons. The van der Waals surface area contributed by atoms with Gasteiger partial charge in [0.05, 0.1) is 32.5 Å². The summed E-state index contributed by atoms with van der Waals surface area (Å²) in [7, 11) is 0. The van der Waals surface area contributed by atoms with Gasteiger partial charge in [0.1, 0.15) is 11.5 Å². The Morgan fingerprint density at radius 2 is 2.00 bits per heavy atom. The summed E-state index contributed by atoms with van der Waals surface area (Å²) >= 11 is 0. The number of morpholine rings is 1. The number of aliphatic hydroxyl groups excluding tert-OH is 1. The Kier molecular flexibility index (Phi) is 8.92. The molecule has 0 radical (unpaired) electrons. The molecule has 2 rings (SSSR count). The minimum Gasteiger partial charge on any atom is -0.465 e. The molecule has 1 aliphatic rings. The molecule has 0 aromatic carbocycles. The highest BCUT2D eigenvalue weighted by atomic mass is 16.5. The molecule has 6 heteroatoms. The maximum atomic E-state index is 10.3. The first-order valence-electron chi connectivity index (χ1n) is 9.36.